The van der Waals surface area contributed by atoms with Crippen LogP contribution in [0.5, 0.6) is 0 Å². The Hall–Kier alpha value is -0.850. The van der Waals surface area contributed by atoms with Crippen molar-refractivity contribution in [1.82, 2.24) is 4.98 Å². The highest BCUT2D eigenvalue weighted by Gasteiger charge is 2.32. The minimum atomic E-state index is 0.630. The van der Waals surface area contributed by atoms with Crippen molar-refractivity contribution >= 4 is 0 Å². The maximum atomic E-state index is 4.87. The number of rotatable bonds is 9. The zero-order chi connectivity index (χ0) is 19.8. The summed E-state index contributed by atoms with van der Waals surface area (Å²) in [6.07, 6.45) is 22.0. The number of aromatic nitrogens is 1. The third-order valence-corrected chi connectivity index (χ3v) is 8.16. The molecule has 0 amide bonds. The topological polar surface area (TPSA) is 12.9 Å². The van der Waals surface area contributed by atoms with E-state index < -0.39 is 0 Å². The van der Waals surface area contributed by atoms with Crippen LogP contribution >= 0.6 is 0 Å². The van der Waals surface area contributed by atoms with E-state index in [1.54, 1.807) is 0 Å². The van der Waals surface area contributed by atoms with Crippen LogP contribution < -0.4 is 0 Å². The molecular formula is C27H45N. The number of hydrogen-bond acceptors (Lipinski definition) is 1. The zero-order valence-corrected chi connectivity index (χ0v) is 19.0. The molecular weight excluding hydrogens is 338 g/mol. The molecule has 0 N–H and O–H groups in total. The molecule has 1 atom stereocenters. The Balaban J connectivity index is 1.43. The predicted molar refractivity (Wildman–Crippen MR) is 122 cm³/mol. The van der Waals surface area contributed by atoms with Gasteiger partial charge in [0.05, 0.1) is 0 Å². The van der Waals surface area contributed by atoms with Gasteiger partial charge in [-0.15, -0.1) is 0 Å². The van der Waals surface area contributed by atoms with Crippen LogP contribution in [0.3, 0.4) is 0 Å². The largest absolute Gasteiger partial charge is 0.261 e. The van der Waals surface area contributed by atoms with Gasteiger partial charge in [-0.2, -0.15) is 0 Å². The normalized spacial score (nSPS) is 29.5. The van der Waals surface area contributed by atoms with Gasteiger partial charge in [0.25, 0.3) is 0 Å². The summed E-state index contributed by atoms with van der Waals surface area (Å²) in [4.78, 5) is 4.87. The maximum absolute atomic E-state index is 4.87. The lowest BCUT2D eigenvalue weighted by molar-refractivity contribution is 0.136. The van der Waals surface area contributed by atoms with Crippen LogP contribution in [0.4, 0.5) is 0 Å². The van der Waals surface area contributed by atoms with Gasteiger partial charge in [0.1, 0.15) is 0 Å². The second-order valence-corrected chi connectivity index (χ2v) is 10.1. The first-order valence-electron chi connectivity index (χ1n) is 12.7. The molecule has 0 spiro atoms. The van der Waals surface area contributed by atoms with E-state index in [1.807, 2.05) is 0 Å². The van der Waals surface area contributed by atoms with Gasteiger partial charge in [-0.25, -0.2) is 0 Å². The first-order valence-corrected chi connectivity index (χ1v) is 12.7. The second kappa shape index (κ2) is 11.4. The fourth-order valence-corrected chi connectivity index (χ4v) is 6.15. The Labute approximate surface area is 175 Å². The smallest absolute Gasteiger partial charge is 0.0434 e. The van der Waals surface area contributed by atoms with Crippen LogP contribution in [0.25, 0.3) is 0 Å². The molecule has 1 heterocycles. The molecule has 0 aliphatic heterocycles. The number of unbranched alkanes of at least 4 members (excludes halogenated alkanes) is 2. The lowest BCUT2D eigenvalue weighted by Gasteiger charge is -2.39. The molecule has 1 nitrogen and oxygen atoms in total. The summed E-state index contributed by atoms with van der Waals surface area (Å²) >= 11 is 0. The molecule has 1 heteroatoms. The van der Waals surface area contributed by atoms with Crippen molar-refractivity contribution in [3.63, 3.8) is 0 Å². The molecule has 1 aromatic rings. The monoisotopic (exact) mass is 383 g/mol. The zero-order valence-electron chi connectivity index (χ0n) is 19.0. The number of hydrogen-bond donors (Lipinski definition) is 0. The van der Waals surface area contributed by atoms with Crippen LogP contribution in [0.15, 0.2) is 18.3 Å². The molecule has 2 saturated carbocycles. The summed E-state index contributed by atoms with van der Waals surface area (Å²) in [6, 6.07) is 4.67. The van der Waals surface area contributed by atoms with Gasteiger partial charge in [-0.1, -0.05) is 65.4 Å². The van der Waals surface area contributed by atoms with E-state index in [4.69, 9.17) is 4.98 Å². The van der Waals surface area contributed by atoms with Crippen molar-refractivity contribution in [1.29, 1.82) is 0 Å². The van der Waals surface area contributed by atoms with Crippen LogP contribution in [-0.2, 0) is 6.42 Å². The molecule has 1 unspecified atom stereocenters. The van der Waals surface area contributed by atoms with E-state index in [2.05, 4.69) is 39.1 Å². The van der Waals surface area contributed by atoms with Gasteiger partial charge in [-0.05, 0) is 86.7 Å². The molecule has 28 heavy (non-hydrogen) atoms. The first kappa shape index (κ1) is 21.8. The molecule has 0 radical (unpaired) electrons. The van der Waals surface area contributed by atoms with E-state index in [0.717, 1.165) is 23.7 Å². The summed E-state index contributed by atoms with van der Waals surface area (Å²) < 4.78 is 0. The van der Waals surface area contributed by atoms with Gasteiger partial charge < -0.3 is 0 Å². The Morgan fingerprint density at radius 3 is 2.11 bits per heavy atom. The van der Waals surface area contributed by atoms with E-state index in [1.165, 1.54) is 101 Å². The number of nitrogens with zero attached hydrogens (tertiary/aromatic N) is 1. The van der Waals surface area contributed by atoms with Gasteiger partial charge in [-0.3, -0.25) is 4.98 Å². The first-order chi connectivity index (χ1) is 13.7. The van der Waals surface area contributed by atoms with Gasteiger partial charge in [0.2, 0.25) is 0 Å². The highest BCUT2D eigenvalue weighted by molar-refractivity contribution is 5.17. The second-order valence-electron chi connectivity index (χ2n) is 10.1. The Bertz CT molecular complexity index is 532. The molecule has 0 bridgehead atoms. The van der Waals surface area contributed by atoms with E-state index in [0.29, 0.717) is 5.92 Å². The summed E-state index contributed by atoms with van der Waals surface area (Å²) in [7, 11) is 0. The maximum Gasteiger partial charge on any atom is 0.0434 e. The Kier molecular flexibility index (Phi) is 8.87. The Morgan fingerprint density at radius 2 is 1.54 bits per heavy atom. The van der Waals surface area contributed by atoms with Crippen molar-refractivity contribution in [3.8, 4) is 0 Å². The van der Waals surface area contributed by atoms with Gasteiger partial charge in [0, 0.05) is 17.8 Å². The standard InChI is InChI=1S/C27H45N/c1-4-6-7-9-23-12-19-27(28-20-23)21(3)24-15-17-26(18-16-24)25-13-10-22(8-5-2)11-14-25/h12,19-22,24-26H,4-11,13-18H2,1-3H3/t21?,22-,24?,25-,26?. The van der Waals surface area contributed by atoms with Crippen molar-refractivity contribution in [2.45, 2.75) is 117 Å². The molecule has 0 saturated heterocycles. The third-order valence-electron chi connectivity index (χ3n) is 8.16. The molecule has 3 rings (SSSR count). The molecule has 1 aromatic heterocycles. The van der Waals surface area contributed by atoms with Gasteiger partial charge >= 0.3 is 0 Å². The predicted octanol–water partition coefficient (Wildman–Crippen LogP) is 8.33. The Morgan fingerprint density at radius 1 is 0.857 bits per heavy atom. The summed E-state index contributed by atoms with van der Waals surface area (Å²) in [5.74, 6) is 4.61. The van der Waals surface area contributed by atoms with Crippen LogP contribution in [0.1, 0.15) is 121 Å². The molecule has 2 fully saturated rings. The quantitative estimate of drug-likeness (QED) is 0.390. The molecule has 2 aliphatic carbocycles. The third kappa shape index (κ3) is 6.07. The van der Waals surface area contributed by atoms with Crippen LogP contribution in [0.2, 0.25) is 0 Å². The average Bonchev–Trinajstić information content (AvgIpc) is 2.75. The van der Waals surface area contributed by atoms with Gasteiger partial charge in [0.15, 0.2) is 0 Å². The highest BCUT2D eigenvalue weighted by Crippen LogP contribution is 2.44. The highest BCUT2D eigenvalue weighted by atomic mass is 14.7. The molecule has 2 aliphatic rings. The average molecular weight is 384 g/mol. The van der Waals surface area contributed by atoms with Crippen molar-refractivity contribution < 1.29 is 0 Å². The van der Waals surface area contributed by atoms with Crippen molar-refractivity contribution in [2.75, 3.05) is 0 Å². The molecule has 0 aromatic carbocycles. The van der Waals surface area contributed by atoms with Crippen molar-refractivity contribution in [2.24, 2.45) is 23.7 Å². The lowest BCUT2D eigenvalue weighted by atomic mass is 9.67. The van der Waals surface area contributed by atoms with Crippen LogP contribution in [0, 0.1) is 23.7 Å². The fourth-order valence-electron chi connectivity index (χ4n) is 6.15. The number of aryl methyl sites for hydroxylation is 1. The van der Waals surface area contributed by atoms with Crippen LogP contribution in [-0.4, -0.2) is 4.98 Å². The van der Waals surface area contributed by atoms with Crippen molar-refractivity contribution in [3.05, 3.63) is 29.6 Å². The number of pyridine rings is 1. The summed E-state index contributed by atoms with van der Waals surface area (Å²) in [5, 5.41) is 0. The summed E-state index contributed by atoms with van der Waals surface area (Å²) in [5.41, 5.74) is 2.76. The van der Waals surface area contributed by atoms with E-state index in [-0.39, 0.29) is 0 Å². The fraction of sp³-hybridized carbons (Fsp3) is 0.815. The minimum absolute atomic E-state index is 0.630. The minimum Gasteiger partial charge on any atom is -0.261 e. The van der Waals surface area contributed by atoms with E-state index in [9.17, 15) is 0 Å². The molecule has 158 valence electrons. The summed E-state index contributed by atoms with van der Waals surface area (Å²) in [6.45, 7) is 7.05. The SMILES string of the molecule is CCCCCc1ccc(C(C)C2CCC([C@H]3CC[C@H](CCC)CC3)CC2)nc1. The van der Waals surface area contributed by atoms with E-state index >= 15 is 0 Å². The lowest BCUT2D eigenvalue weighted by Crippen LogP contribution is -2.27.